The van der Waals surface area contributed by atoms with Crippen molar-refractivity contribution in [3.63, 3.8) is 0 Å². The summed E-state index contributed by atoms with van der Waals surface area (Å²) < 4.78 is 10.5. The first-order valence-electron chi connectivity index (χ1n) is 9.23. The lowest BCUT2D eigenvalue weighted by atomic mass is 9.99. The Balaban J connectivity index is 1.70. The van der Waals surface area contributed by atoms with Crippen LogP contribution in [0.1, 0.15) is 19.5 Å². The highest BCUT2D eigenvalue weighted by atomic mass is 16.5. The zero-order chi connectivity index (χ0) is 19.2. The topological polar surface area (TPSA) is 80.0 Å². The molecular weight excluding hydrogens is 344 g/mol. The first kappa shape index (κ1) is 18.9. The molecule has 1 aliphatic rings. The Morgan fingerprint density at radius 1 is 1.37 bits per heavy atom. The molecule has 0 aliphatic carbocycles. The number of carbonyl (C=O) groups excluding carboxylic acids is 1. The lowest BCUT2D eigenvalue weighted by Gasteiger charge is -2.21. The Morgan fingerprint density at radius 2 is 2.15 bits per heavy atom. The minimum atomic E-state index is -0.162. The van der Waals surface area contributed by atoms with Crippen molar-refractivity contribution < 1.29 is 13.9 Å². The lowest BCUT2D eigenvalue weighted by Crippen LogP contribution is -2.40. The van der Waals surface area contributed by atoms with E-state index in [0.29, 0.717) is 19.0 Å². The SMILES string of the molecule is CCNC(=NCc1coc(-c2ccccc2)n1)N1CC(C)C(C(=O)OC)C1. The molecular formula is C20H26N4O3. The highest BCUT2D eigenvalue weighted by Gasteiger charge is 2.36. The second-order valence-corrected chi connectivity index (χ2v) is 6.69. The van der Waals surface area contributed by atoms with Crippen LogP contribution in [0, 0.1) is 11.8 Å². The number of hydrogen-bond donors (Lipinski definition) is 1. The minimum Gasteiger partial charge on any atom is -0.469 e. The summed E-state index contributed by atoms with van der Waals surface area (Å²) in [4.78, 5) is 23.2. The van der Waals surface area contributed by atoms with Gasteiger partial charge in [0.25, 0.3) is 0 Å². The van der Waals surface area contributed by atoms with Crippen LogP contribution in [-0.2, 0) is 16.1 Å². The van der Waals surface area contributed by atoms with Gasteiger partial charge in [0.1, 0.15) is 12.0 Å². The zero-order valence-electron chi connectivity index (χ0n) is 16.0. The maximum Gasteiger partial charge on any atom is 0.310 e. The highest BCUT2D eigenvalue weighted by molar-refractivity contribution is 5.82. The van der Waals surface area contributed by atoms with Crippen molar-refractivity contribution in [3.05, 3.63) is 42.3 Å². The molecule has 1 aromatic heterocycles. The maximum absolute atomic E-state index is 11.9. The van der Waals surface area contributed by atoms with Gasteiger partial charge in [-0.3, -0.25) is 4.79 Å². The van der Waals surface area contributed by atoms with Crippen molar-refractivity contribution in [2.75, 3.05) is 26.7 Å². The summed E-state index contributed by atoms with van der Waals surface area (Å²) in [5.74, 6) is 1.30. The second kappa shape index (κ2) is 8.70. The van der Waals surface area contributed by atoms with Crippen LogP contribution in [0.15, 0.2) is 46.0 Å². The molecule has 1 saturated heterocycles. The summed E-state index contributed by atoms with van der Waals surface area (Å²) in [6.45, 7) is 6.62. The van der Waals surface area contributed by atoms with Gasteiger partial charge in [0.05, 0.1) is 19.6 Å². The Kier molecular flexibility index (Phi) is 6.11. The summed E-state index contributed by atoms with van der Waals surface area (Å²) >= 11 is 0. The van der Waals surface area contributed by atoms with E-state index in [0.717, 1.165) is 30.3 Å². The van der Waals surface area contributed by atoms with Gasteiger partial charge in [-0.25, -0.2) is 9.98 Å². The Hall–Kier alpha value is -2.83. The average Bonchev–Trinajstić information content (AvgIpc) is 3.32. The summed E-state index contributed by atoms with van der Waals surface area (Å²) in [6.07, 6.45) is 1.64. The number of likely N-dealkylation sites (tertiary alicyclic amines) is 1. The predicted molar refractivity (Wildman–Crippen MR) is 103 cm³/mol. The van der Waals surface area contributed by atoms with Crippen molar-refractivity contribution in [1.82, 2.24) is 15.2 Å². The fourth-order valence-corrected chi connectivity index (χ4v) is 3.27. The fraction of sp³-hybridized carbons (Fsp3) is 0.450. The van der Waals surface area contributed by atoms with E-state index in [9.17, 15) is 4.79 Å². The first-order valence-corrected chi connectivity index (χ1v) is 9.23. The monoisotopic (exact) mass is 370 g/mol. The molecule has 0 amide bonds. The molecule has 27 heavy (non-hydrogen) atoms. The van der Waals surface area contributed by atoms with E-state index in [4.69, 9.17) is 9.15 Å². The summed E-state index contributed by atoms with van der Waals surface area (Å²) in [5, 5.41) is 3.30. The van der Waals surface area contributed by atoms with Crippen LogP contribution in [0.3, 0.4) is 0 Å². The van der Waals surface area contributed by atoms with E-state index < -0.39 is 0 Å². The normalized spacial score (nSPS) is 20.0. The molecule has 2 heterocycles. The van der Waals surface area contributed by atoms with E-state index in [1.807, 2.05) is 37.3 Å². The molecule has 1 aromatic carbocycles. The number of aromatic nitrogens is 1. The second-order valence-electron chi connectivity index (χ2n) is 6.69. The first-order chi connectivity index (χ1) is 13.1. The smallest absolute Gasteiger partial charge is 0.310 e. The molecule has 7 heteroatoms. The van der Waals surface area contributed by atoms with Gasteiger partial charge in [-0.2, -0.15) is 0 Å². The molecule has 2 atom stereocenters. The van der Waals surface area contributed by atoms with Crippen LogP contribution in [0.2, 0.25) is 0 Å². The van der Waals surface area contributed by atoms with E-state index in [1.165, 1.54) is 7.11 Å². The quantitative estimate of drug-likeness (QED) is 0.495. The highest BCUT2D eigenvalue weighted by Crippen LogP contribution is 2.24. The van der Waals surface area contributed by atoms with Gasteiger partial charge >= 0.3 is 5.97 Å². The number of esters is 1. The van der Waals surface area contributed by atoms with Gasteiger partial charge in [0.15, 0.2) is 5.96 Å². The zero-order valence-corrected chi connectivity index (χ0v) is 16.0. The van der Waals surface area contributed by atoms with Gasteiger partial charge < -0.3 is 19.4 Å². The van der Waals surface area contributed by atoms with E-state index in [2.05, 4.69) is 27.1 Å². The molecule has 144 valence electrons. The molecule has 0 spiro atoms. The maximum atomic E-state index is 11.9. The third kappa shape index (κ3) is 4.48. The van der Waals surface area contributed by atoms with E-state index in [1.54, 1.807) is 6.26 Å². The number of guanidine groups is 1. The molecule has 3 rings (SSSR count). The number of benzene rings is 1. The van der Waals surface area contributed by atoms with Gasteiger partial charge in [-0.15, -0.1) is 0 Å². The number of hydrogen-bond acceptors (Lipinski definition) is 5. The Morgan fingerprint density at radius 3 is 2.85 bits per heavy atom. The molecule has 7 nitrogen and oxygen atoms in total. The number of ether oxygens (including phenoxy) is 1. The molecule has 0 bridgehead atoms. The number of methoxy groups -OCH3 is 1. The fourth-order valence-electron chi connectivity index (χ4n) is 3.27. The van der Waals surface area contributed by atoms with Crippen molar-refractivity contribution in [1.29, 1.82) is 0 Å². The van der Waals surface area contributed by atoms with Gasteiger partial charge in [-0.1, -0.05) is 25.1 Å². The molecule has 1 aliphatic heterocycles. The molecule has 0 radical (unpaired) electrons. The van der Waals surface area contributed by atoms with Crippen LogP contribution in [0.5, 0.6) is 0 Å². The van der Waals surface area contributed by atoms with Gasteiger partial charge in [-0.05, 0) is 25.0 Å². The number of nitrogens with one attached hydrogen (secondary N) is 1. The average molecular weight is 370 g/mol. The molecule has 2 unspecified atom stereocenters. The Bertz CT molecular complexity index is 788. The van der Waals surface area contributed by atoms with Crippen molar-refractivity contribution in [3.8, 4) is 11.5 Å². The lowest BCUT2D eigenvalue weighted by molar-refractivity contribution is -0.145. The van der Waals surface area contributed by atoms with Crippen molar-refractivity contribution in [2.45, 2.75) is 20.4 Å². The third-order valence-corrected chi connectivity index (χ3v) is 4.71. The van der Waals surface area contributed by atoms with Crippen LogP contribution < -0.4 is 5.32 Å². The number of aliphatic imine (C=N–C) groups is 1. The van der Waals surface area contributed by atoms with E-state index >= 15 is 0 Å². The van der Waals surface area contributed by atoms with Crippen molar-refractivity contribution >= 4 is 11.9 Å². The minimum absolute atomic E-state index is 0.129. The molecule has 1 N–H and O–H groups in total. The molecule has 2 aromatic rings. The summed E-state index contributed by atoms with van der Waals surface area (Å²) in [5.41, 5.74) is 1.70. The summed E-state index contributed by atoms with van der Waals surface area (Å²) in [7, 11) is 1.44. The number of rotatable bonds is 5. The summed E-state index contributed by atoms with van der Waals surface area (Å²) in [6, 6.07) is 9.78. The van der Waals surface area contributed by atoms with Gasteiger partial charge in [0.2, 0.25) is 5.89 Å². The third-order valence-electron chi connectivity index (χ3n) is 4.71. The molecule has 1 fully saturated rings. The predicted octanol–water partition coefficient (Wildman–Crippen LogP) is 2.55. The number of carbonyl (C=O) groups is 1. The van der Waals surface area contributed by atoms with E-state index in [-0.39, 0.29) is 17.8 Å². The van der Waals surface area contributed by atoms with Gasteiger partial charge in [0, 0.05) is 25.2 Å². The van der Waals surface area contributed by atoms with Crippen LogP contribution in [-0.4, -0.2) is 48.6 Å². The van der Waals surface area contributed by atoms with Crippen LogP contribution in [0.25, 0.3) is 11.5 Å². The van der Waals surface area contributed by atoms with Crippen LogP contribution >= 0.6 is 0 Å². The largest absolute Gasteiger partial charge is 0.469 e. The van der Waals surface area contributed by atoms with Crippen LogP contribution in [0.4, 0.5) is 0 Å². The molecule has 0 saturated carbocycles. The number of nitrogens with zero attached hydrogens (tertiary/aromatic N) is 3. The standard InChI is InChI=1S/C20H26N4O3/c1-4-21-20(24-11-14(2)17(12-24)19(25)26-3)22-10-16-13-27-18(23-16)15-8-6-5-7-9-15/h5-9,13-14,17H,4,10-12H2,1-3H3,(H,21,22). The number of oxazole rings is 1. The van der Waals surface area contributed by atoms with Crippen molar-refractivity contribution in [2.24, 2.45) is 16.8 Å². The Labute approximate surface area is 159 Å².